The molecule has 0 radical (unpaired) electrons. The number of fused-ring (bicyclic) bond motifs is 2. The number of likely N-dealkylation sites (tertiary alicyclic amines) is 1. The van der Waals surface area contributed by atoms with Gasteiger partial charge in [0.15, 0.2) is 12.4 Å². The fourth-order valence-corrected chi connectivity index (χ4v) is 4.70. The van der Waals surface area contributed by atoms with Crippen molar-refractivity contribution in [2.75, 3.05) is 30.3 Å². The number of hydrogen-bond donors (Lipinski definition) is 2. The number of ketones is 1. The number of carbonyl (C=O) groups excluding carboxylic acids is 3. The van der Waals surface area contributed by atoms with Gasteiger partial charge >= 0.3 is 0 Å². The zero-order valence-corrected chi connectivity index (χ0v) is 19.0. The molecule has 3 aromatic rings. The van der Waals surface area contributed by atoms with E-state index in [4.69, 9.17) is 4.74 Å². The second-order valence-electron chi connectivity index (χ2n) is 8.95. The number of ether oxygens (including phenoxy) is 1. The van der Waals surface area contributed by atoms with Crippen LogP contribution in [0.1, 0.15) is 30.1 Å². The van der Waals surface area contributed by atoms with E-state index in [1.165, 1.54) is 0 Å². The molecule has 2 amide bonds. The minimum Gasteiger partial charge on any atom is -0.482 e. The van der Waals surface area contributed by atoms with Gasteiger partial charge in [0, 0.05) is 17.2 Å². The second-order valence-corrected chi connectivity index (χ2v) is 8.95. The Balaban J connectivity index is 1.18. The van der Waals surface area contributed by atoms with Gasteiger partial charge in [0.05, 0.1) is 11.7 Å². The molecule has 0 bridgehead atoms. The Morgan fingerprint density at radius 2 is 1.79 bits per heavy atom. The molecule has 174 valence electrons. The van der Waals surface area contributed by atoms with E-state index < -0.39 is 0 Å². The third-order valence-corrected chi connectivity index (χ3v) is 6.74. The average molecular weight is 458 g/mol. The van der Waals surface area contributed by atoms with Crippen LogP contribution in [0.4, 0.5) is 11.4 Å². The smallest absolute Gasteiger partial charge is 0.262 e. The molecule has 1 atom stereocenters. The molecule has 2 aliphatic heterocycles. The predicted molar refractivity (Wildman–Crippen MR) is 131 cm³/mol. The summed E-state index contributed by atoms with van der Waals surface area (Å²) in [6.45, 7) is 3.25. The van der Waals surface area contributed by atoms with Gasteiger partial charge in [-0.25, -0.2) is 0 Å². The van der Waals surface area contributed by atoms with Gasteiger partial charge in [-0.05, 0) is 74.0 Å². The van der Waals surface area contributed by atoms with Crippen molar-refractivity contribution in [3.05, 3.63) is 66.2 Å². The lowest BCUT2D eigenvalue weighted by molar-refractivity contribution is -0.121. The van der Waals surface area contributed by atoms with Crippen LogP contribution in [0.15, 0.2) is 60.7 Å². The molecule has 0 aliphatic carbocycles. The first-order chi connectivity index (χ1) is 16.5. The van der Waals surface area contributed by atoms with Crippen LogP contribution in [-0.4, -0.2) is 48.2 Å². The number of carbonyl (C=O) groups is 3. The molecule has 0 unspecified atom stereocenters. The number of amides is 2. The van der Waals surface area contributed by atoms with E-state index in [0.717, 1.165) is 16.5 Å². The Bertz CT molecular complexity index is 1260. The number of benzene rings is 3. The highest BCUT2D eigenvalue weighted by Gasteiger charge is 2.31. The van der Waals surface area contributed by atoms with E-state index >= 15 is 0 Å². The van der Waals surface area contributed by atoms with E-state index in [9.17, 15) is 14.4 Å². The lowest BCUT2D eigenvalue weighted by Crippen LogP contribution is -2.47. The van der Waals surface area contributed by atoms with Crippen molar-refractivity contribution in [1.82, 2.24) is 4.90 Å². The minimum absolute atomic E-state index is 0.00855. The van der Waals surface area contributed by atoms with Crippen molar-refractivity contribution in [2.45, 2.75) is 25.8 Å². The highest BCUT2D eigenvalue weighted by molar-refractivity contribution is 6.02. The third-order valence-electron chi connectivity index (χ3n) is 6.74. The molecule has 2 N–H and O–H groups in total. The summed E-state index contributed by atoms with van der Waals surface area (Å²) in [5.74, 6) is 0.268. The quantitative estimate of drug-likeness (QED) is 0.564. The van der Waals surface area contributed by atoms with Gasteiger partial charge in [0.1, 0.15) is 5.75 Å². The maximum atomic E-state index is 13.1. The number of nitrogens with zero attached hydrogens (tertiary/aromatic N) is 1. The first-order valence-corrected chi connectivity index (χ1v) is 11.6. The van der Waals surface area contributed by atoms with E-state index in [1.54, 1.807) is 18.2 Å². The standard InChI is InChI=1S/C27H27N3O4/c1-17(27(33)28-22-8-6-18-4-2-3-5-20(18)14-22)30-12-10-19(11-13-30)26(32)21-7-9-24-23(15-21)29-25(31)16-34-24/h2-9,14-15,17,19H,10-13,16H2,1H3,(H,28,33)(H,29,31)/t17-/m1/s1. The van der Waals surface area contributed by atoms with Crippen LogP contribution in [0.5, 0.6) is 5.75 Å². The number of anilines is 2. The Morgan fingerprint density at radius 1 is 1.03 bits per heavy atom. The predicted octanol–water partition coefficient (Wildman–Crippen LogP) is 4.09. The van der Waals surface area contributed by atoms with E-state index in [1.807, 2.05) is 49.4 Å². The van der Waals surface area contributed by atoms with Crippen LogP contribution >= 0.6 is 0 Å². The summed E-state index contributed by atoms with van der Waals surface area (Å²) in [6.07, 6.45) is 1.37. The SMILES string of the molecule is C[C@H](C(=O)Nc1ccc2ccccc2c1)N1CCC(C(=O)c2ccc3c(c2)NC(=O)CO3)CC1. The Morgan fingerprint density at radius 3 is 2.59 bits per heavy atom. The van der Waals surface area contributed by atoms with E-state index in [0.29, 0.717) is 42.9 Å². The summed E-state index contributed by atoms with van der Waals surface area (Å²) >= 11 is 0. The van der Waals surface area contributed by atoms with Crippen LogP contribution in [0.3, 0.4) is 0 Å². The van der Waals surface area contributed by atoms with E-state index in [2.05, 4.69) is 15.5 Å². The van der Waals surface area contributed by atoms with Crippen molar-refractivity contribution < 1.29 is 19.1 Å². The fourth-order valence-electron chi connectivity index (χ4n) is 4.70. The lowest BCUT2D eigenvalue weighted by Gasteiger charge is -2.34. The van der Waals surface area contributed by atoms with Gasteiger partial charge < -0.3 is 15.4 Å². The Hall–Kier alpha value is -3.71. The monoisotopic (exact) mass is 457 g/mol. The van der Waals surface area contributed by atoms with Crippen LogP contribution < -0.4 is 15.4 Å². The first-order valence-electron chi connectivity index (χ1n) is 11.6. The van der Waals surface area contributed by atoms with Crippen LogP contribution in [0.2, 0.25) is 0 Å². The number of hydrogen-bond acceptors (Lipinski definition) is 5. The molecule has 34 heavy (non-hydrogen) atoms. The van der Waals surface area contributed by atoms with Gasteiger partial charge in [-0.3, -0.25) is 19.3 Å². The first kappa shape index (κ1) is 22.1. The van der Waals surface area contributed by atoms with Crippen molar-refractivity contribution >= 4 is 39.7 Å². The molecule has 7 heteroatoms. The van der Waals surface area contributed by atoms with Crippen LogP contribution in [0, 0.1) is 5.92 Å². The summed E-state index contributed by atoms with van der Waals surface area (Å²) < 4.78 is 5.37. The highest BCUT2D eigenvalue weighted by Crippen LogP contribution is 2.31. The number of Topliss-reactive ketones (excluding diaryl/α,β-unsaturated/α-hetero) is 1. The van der Waals surface area contributed by atoms with Gasteiger partial charge in [0.2, 0.25) is 5.91 Å². The van der Waals surface area contributed by atoms with Gasteiger partial charge in [-0.15, -0.1) is 0 Å². The molecule has 7 nitrogen and oxygen atoms in total. The largest absolute Gasteiger partial charge is 0.482 e. The van der Waals surface area contributed by atoms with Crippen molar-refractivity contribution in [1.29, 1.82) is 0 Å². The highest BCUT2D eigenvalue weighted by atomic mass is 16.5. The minimum atomic E-state index is -0.293. The third kappa shape index (κ3) is 4.52. The molecule has 5 rings (SSSR count). The molecule has 0 spiro atoms. The van der Waals surface area contributed by atoms with E-state index in [-0.39, 0.29) is 36.2 Å². The summed E-state index contributed by atoms with van der Waals surface area (Å²) in [6, 6.07) is 18.8. The molecule has 0 saturated carbocycles. The second kappa shape index (κ2) is 9.27. The normalized spacial score (nSPS) is 17.4. The molecule has 1 saturated heterocycles. The maximum Gasteiger partial charge on any atom is 0.262 e. The lowest BCUT2D eigenvalue weighted by atomic mass is 9.88. The summed E-state index contributed by atoms with van der Waals surface area (Å²) in [5, 5.41) is 8.00. The zero-order valence-electron chi connectivity index (χ0n) is 19.0. The van der Waals surface area contributed by atoms with Gasteiger partial charge in [-0.1, -0.05) is 30.3 Å². The average Bonchev–Trinajstić information content (AvgIpc) is 2.87. The molecule has 2 aliphatic rings. The zero-order chi connectivity index (χ0) is 23.7. The van der Waals surface area contributed by atoms with Crippen molar-refractivity contribution in [3.63, 3.8) is 0 Å². The van der Waals surface area contributed by atoms with Crippen molar-refractivity contribution in [2.24, 2.45) is 5.92 Å². The molecule has 1 fully saturated rings. The van der Waals surface area contributed by atoms with Crippen LogP contribution in [-0.2, 0) is 9.59 Å². The van der Waals surface area contributed by atoms with Gasteiger partial charge in [0.25, 0.3) is 5.91 Å². The number of nitrogens with one attached hydrogen (secondary N) is 2. The van der Waals surface area contributed by atoms with Crippen molar-refractivity contribution in [3.8, 4) is 5.75 Å². The molecular weight excluding hydrogens is 430 g/mol. The topological polar surface area (TPSA) is 87.7 Å². The molecular formula is C27H27N3O4. The molecule has 3 aromatic carbocycles. The Labute approximate surface area is 198 Å². The summed E-state index contributed by atoms with van der Waals surface area (Å²) in [7, 11) is 0. The van der Waals surface area contributed by atoms with Crippen LogP contribution in [0.25, 0.3) is 10.8 Å². The number of rotatable bonds is 5. The van der Waals surface area contributed by atoms with Gasteiger partial charge in [-0.2, -0.15) is 0 Å². The maximum absolute atomic E-state index is 13.1. The number of piperidine rings is 1. The summed E-state index contributed by atoms with van der Waals surface area (Å²) in [4.78, 5) is 39.7. The molecule has 0 aromatic heterocycles. The molecule has 2 heterocycles. The fraction of sp³-hybridized carbons (Fsp3) is 0.296. The Kier molecular flexibility index (Phi) is 6.02. The summed E-state index contributed by atoms with van der Waals surface area (Å²) in [5.41, 5.74) is 1.90.